The Morgan fingerprint density at radius 2 is 1.97 bits per heavy atom. The van der Waals surface area contributed by atoms with Crippen molar-refractivity contribution >= 4 is 22.6 Å². The van der Waals surface area contributed by atoms with Crippen LogP contribution in [0.15, 0.2) is 36.4 Å². The lowest BCUT2D eigenvalue weighted by molar-refractivity contribution is -0.118. The van der Waals surface area contributed by atoms with Gasteiger partial charge in [-0.1, -0.05) is 32.9 Å². The highest BCUT2D eigenvalue weighted by Crippen LogP contribution is 2.34. The molecule has 2 unspecified atom stereocenters. The average molecular weight is 489 g/mol. The van der Waals surface area contributed by atoms with Gasteiger partial charge in [0.15, 0.2) is 0 Å². The molecule has 2 aliphatic rings. The monoisotopic (exact) mass is 488 g/mol. The van der Waals surface area contributed by atoms with E-state index in [1.165, 1.54) is 22.2 Å². The molecule has 1 aliphatic carbocycles. The number of methoxy groups -OCH3 is 1. The lowest BCUT2D eigenvalue weighted by Crippen LogP contribution is -2.47. The molecule has 2 aromatic carbocycles. The third kappa shape index (κ3) is 4.94. The normalized spacial score (nSPS) is 22.3. The van der Waals surface area contributed by atoms with Crippen LogP contribution in [0.4, 0.5) is 5.69 Å². The zero-order valence-electron chi connectivity index (χ0n) is 22.4. The average Bonchev–Trinajstić information content (AvgIpc) is 3.43. The summed E-state index contributed by atoms with van der Waals surface area (Å²) in [7, 11) is 1.86. The first-order valence-electron chi connectivity index (χ1n) is 13.5. The van der Waals surface area contributed by atoms with Gasteiger partial charge in [-0.15, -0.1) is 0 Å². The molecule has 3 atom stereocenters. The number of rotatable bonds is 7. The van der Waals surface area contributed by atoms with Gasteiger partial charge in [-0.3, -0.25) is 4.79 Å². The van der Waals surface area contributed by atoms with Crippen molar-refractivity contribution in [2.45, 2.75) is 65.5 Å². The zero-order valence-corrected chi connectivity index (χ0v) is 22.4. The Balaban J connectivity index is 1.25. The van der Waals surface area contributed by atoms with E-state index in [1.54, 1.807) is 0 Å². The molecule has 3 aromatic rings. The molecule has 1 saturated heterocycles. The molecule has 0 radical (unpaired) electrons. The SMILES string of the molecule is CCc1nc2cc(C)ccc2n1C1CCN(CC2Cc3ccc(NC(=O)C(C)C)cc3C2)C[C@H]1OC. The Morgan fingerprint density at radius 1 is 1.17 bits per heavy atom. The van der Waals surface area contributed by atoms with E-state index < -0.39 is 0 Å². The zero-order chi connectivity index (χ0) is 25.4. The summed E-state index contributed by atoms with van der Waals surface area (Å²) in [5, 5.41) is 3.05. The summed E-state index contributed by atoms with van der Waals surface area (Å²) >= 11 is 0. The lowest BCUT2D eigenvalue weighted by atomic mass is 9.98. The number of anilines is 1. The molecule has 36 heavy (non-hydrogen) atoms. The second kappa shape index (κ2) is 10.3. The molecule has 0 spiro atoms. The van der Waals surface area contributed by atoms with Crippen LogP contribution in [0, 0.1) is 18.8 Å². The fraction of sp³-hybridized carbons (Fsp3) is 0.533. The summed E-state index contributed by atoms with van der Waals surface area (Å²) in [6.07, 6.45) is 4.31. The van der Waals surface area contributed by atoms with Crippen molar-refractivity contribution in [3.05, 3.63) is 58.9 Å². The molecule has 5 rings (SSSR count). The molecule has 192 valence electrons. The molecule has 2 heterocycles. The quantitative estimate of drug-likeness (QED) is 0.498. The van der Waals surface area contributed by atoms with Crippen LogP contribution in [0.3, 0.4) is 0 Å². The number of imidazole rings is 1. The van der Waals surface area contributed by atoms with E-state index in [1.807, 2.05) is 21.0 Å². The molecular formula is C30H40N4O2. The highest BCUT2D eigenvalue weighted by molar-refractivity contribution is 5.92. The van der Waals surface area contributed by atoms with Crippen molar-refractivity contribution in [1.29, 1.82) is 0 Å². The van der Waals surface area contributed by atoms with Crippen molar-refractivity contribution < 1.29 is 9.53 Å². The first-order valence-corrected chi connectivity index (χ1v) is 13.5. The summed E-state index contributed by atoms with van der Waals surface area (Å²) in [4.78, 5) is 19.7. The highest BCUT2D eigenvalue weighted by Gasteiger charge is 2.34. The van der Waals surface area contributed by atoms with Crippen molar-refractivity contribution in [1.82, 2.24) is 14.5 Å². The minimum absolute atomic E-state index is 0.0134. The standard InChI is InChI=1S/C30H40N4O2/c1-6-29-32-25-13-20(4)7-10-26(25)34(29)27-11-12-33(18-28(27)36-5)17-21-14-22-8-9-24(16-23(22)15-21)31-30(35)19(2)3/h7-10,13,16,19,21,27-28H,6,11-12,14-15,17-18H2,1-5H3,(H,31,35)/t21?,27?,28-/m1/s1. The fourth-order valence-corrected chi connectivity index (χ4v) is 6.11. The van der Waals surface area contributed by atoms with Crippen LogP contribution in [0.2, 0.25) is 0 Å². The topological polar surface area (TPSA) is 59.4 Å². The van der Waals surface area contributed by atoms with Crippen molar-refractivity contribution in [3.8, 4) is 0 Å². The minimum atomic E-state index is -0.0134. The van der Waals surface area contributed by atoms with Gasteiger partial charge in [0.2, 0.25) is 5.91 Å². The Bertz CT molecular complexity index is 1250. The van der Waals surface area contributed by atoms with E-state index in [4.69, 9.17) is 9.72 Å². The number of carbonyl (C=O) groups is 1. The maximum Gasteiger partial charge on any atom is 0.226 e. The van der Waals surface area contributed by atoms with Gasteiger partial charge in [0, 0.05) is 44.8 Å². The number of hydrogen-bond acceptors (Lipinski definition) is 4. The van der Waals surface area contributed by atoms with E-state index in [2.05, 4.69) is 65.0 Å². The number of hydrogen-bond donors (Lipinski definition) is 1. The van der Waals surface area contributed by atoms with E-state index in [9.17, 15) is 4.79 Å². The van der Waals surface area contributed by atoms with Crippen LogP contribution in [0.1, 0.15) is 55.7 Å². The first-order chi connectivity index (χ1) is 17.4. The van der Waals surface area contributed by atoms with E-state index >= 15 is 0 Å². The van der Waals surface area contributed by atoms with Gasteiger partial charge in [-0.05, 0) is 73.1 Å². The second-order valence-electron chi connectivity index (χ2n) is 11.0. The second-order valence-corrected chi connectivity index (χ2v) is 11.0. The van der Waals surface area contributed by atoms with Crippen molar-refractivity contribution in [3.63, 3.8) is 0 Å². The Labute approximate surface area is 215 Å². The first kappa shape index (κ1) is 25.0. The molecule has 1 aliphatic heterocycles. The molecule has 6 nitrogen and oxygen atoms in total. The highest BCUT2D eigenvalue weighted by atomic mass is 16.5. The molecule has 1 N–H and O–H groups in total. The largest absolute Gasteiger partial charge is 0.378 e. The van der Waals surface area contributed by atoms with Gasteiger partial charge in [0.25, 0.3) is 0 Å². The van der Waals surface area contributed by atoms with Gasteiger partial charge in [-0.2, -0.15) is 0 Å². The van der Waals surface area contributed by atoms with Crippen molar-refractivity contribution in [2.75, 3.05) is 32.1 Å². The number of amides is 1. The maximum atomic E-state index is 12.1. The van der Waals surface area contributed by atoms with Crippen LogP contribution in [-0.4, -0.2) is 53.2 Å². The number of piperidine rings is 1. The molecule has 6 heteroatoms. The number of nitrogens with one attached hydrogen (secondary N) is 1. The summed E-state index contributed by atoms with van der Waals surface area (Å²) in [6, 6.07) is 13.3. The summed E-state index contributed by atoms with van der Waals surface area (Å²) in [6.45, 7) is 11.3. The van der Waals surface area contributed by atoms with Gasteiger partial charge in [-0.25, -0.2) is 4.98 Å². The van der Waals surface area contributed by atoms with E-state index in [0.717, 1.165) is 62.3 Å². The fourth-order valence-electron chi connectivity index (χ4n) is 6.11. The van der Waals surface area contributed by atoms with E-state index in [0.29, 0.717) is 12.0 Å². The summed E-state index contributed by atoms with van der Waals surface area (Å²) in [5.74, 6) is 1.82. The third-order valence-corrected chi connectivity index (χ3v) is 8.01. The number of aryl methyl sites for hydroxylation is 2. The van der Waals surface area contributed by atoms with Gasteiger partial charge >= 0.3 is 0 Å². The molecule has 0 bridgehead atoms. The minimum Gasteiger partial charge on any atom is -0.378 e. The number of ether oxygens (including phenoxy) is 1. The maximum absolute atomic E-state index is 12.1. The van der Waals surface area contributed by atoms with Crippen LogP contribution >= 0.6 is 0 Å². The number of benzene rings is 2. The van der Waals surface area contributed by atoms with Crippen molar-refractivity contribution in [2.24, 2.45) is 11.8 Å². The Hall–Kier alpha value is -2.70. The molecule has 1 amide bonds. The Morgan fingerprint density at radius 3 is 2.72 bits per heavy atom. The number of carbonyl (C=O) groups excluding carboxylic acids is 1. The molecule has 0 saturated carbocycles. The summed E-state index contributed by atoms with van der Waals surface area (Å²) in [5.41, 5.74) is 7.30. The van der Waals surface area contributed by atoms with E-state index in [-0.39, 0.29) is 17.9 Å². The number of fused-ring (bicyclic) bond motifs is 2. The predicted molar refractivity (Wildman–Crippen MR) is 146 cm³/mol. The third-order valence-electron chi connectivity index (χ3n) is 8.01. The van der Waals surface area contributed by atoms with Crippen LogP contribution in [-0.2, 0) is 28.8 Å². The molecule has 1 aromatic heterocycles. The molecule has 1 fully saturated rings. The summed E-state index contributed by atoms with van der Waals surface area (Å²) < 4.78 is 8.55. The van der Waals surface area contributed by atoms with Gasteiger partial charge in [0.05, 0.1) is 23.2 Å². The van der Waals surface area contributed by atoms with Crippen LogP contribution in [0.5, 0.6) is 0 Å². The van der Waals surface area contributed by atoms with Crippen LogP contribution in [0.25, 0.3) is 11.0 Å². The Kier molecular flexibility index (Phi) is 7.18. The number of aromatic nitrogens is 2. The number of likely N-dealkylation sites (tertiary alicyclic amines) is 1. The molecular weight excluding hydrogens is 448 g/mol. The predicted octanol–water partition coefficient (Wildman–Crippen LogP) is 5.18. The van der Waals surface area contributed by atoms with Gasteiger partial charge in [0.1, 0.15) is 5.82 Å². The number of nitrogens with zero attached hydrogens (tertiary/aromatic N) is 3. The lowest BCUT2D eigenvalue weighted by Gasteiger charge is -2.40. The van der Waals surface area contributed by atoms with Crippen LogP contribution < -0.4 is 5.32 Å². The van der Waals surface area contributed by atoms with Gasteiger partial charge < -0.3 is 19.5 Å². The smallest absolute Gasteiger partial charge is 0.226 e.